The van der Waals surface area contributed by atoms with Gasteiger partial charge in [-0.1, -0.05) is 29.6 Å². The number of halogens is 2. The van der Waals surface area contributed by atoms with E-state index in [-0.39, 0.29) is 18.0 Å². The number of hydroxylamine groups is 1. The molecule has 8 nitrogen and oxygen atoms in total. The first-order chi connectivity index (χ1) is 15.3. The Labute approximate surface area is 197 Å². The van der Waals surface area contributed by atoms with Crippen molar-refractivity contribution in [1.82, 2.24) is 15.1 Å². The maximum Gasteiger partial charge on any atom is 0.262 e. The molecule has 1 aliphatic rings. The molecule has 0 unspecified atom stereocenters. The summed E-state index contributed by atoms with van der Waals surface area (Å²) < 4.78 is 33.5. The Bertz CT molecular complexity index is 1010. The number of hydrogen-bond donors (Lipinski definition) is 3. The Hall–Kier alpha value is -1.88. The minimum atomic E-state index is -3.86. The number of amides is 1. The highest BCUT2D eigenvalue weighted by atomic mass is 35.5. The van der Waals surface area contributed by atoms with Crippen molar-refractivity contribution >= 4 is 39.1 Å². The van der Waals surface area contributed by atoms with Gasteiger partial charge in [0.2, 0.25) is 10.0 Å². The van der Waals surface area contributed by atoms with Gasteiger partial charge in [-0.2, -0.15) is 0 Å². The zero-order valence-corrected chi connectivity index (χ0v) is 19.6. The van der Waals surface area contributed by atoms with Crippen molar-refractivity contribution in [3.63, 3.8) is 0 Å². The second kappa shape index (κ2) is 11.3. The van der Waals surface area contributed by atoms with Gasteiger partial charge in [0.05, 0.1) is 4.90 Å². The van der Waals surface area contributed by atoms with Gasteiger partial charge in [0.15, 0.2) is 0 Å². The van der Waals surface area contributed by atoms with Gasteiger partial charge in [-0.15, -0.1) is 0 Å². The van der Waals surface area contributed by atoms with Crippen LogP contribution in [-0.4, -0.2) is 50.1 Å². The topological polar surface area (TPSA) is 108 Å². The lowest BCUT2D eigenvalue weighted by Crippen LogP contribution is -2.53. The molecule has 2 aromatic carbocycles. The van der Waals surface area contributed by atoms with Gasteiger partial charge < -0.3 is 4.74 Å². The molecule has 0 saturated carbocycles. The molecule has 3 N–H and O–H groups in total. The number of rotatable bonds is 9. The van der Waals surface area contributed by atoms with E-state index in [0.717, 1.165) is 24.8 Å². The molecule has 0 aromatic heterocycles. The fraction of sp³-hybridized carbons (Fsp3) is 0.381. The van der Waals surface area contributed by atoms with Gasteiger partial charge in [0.25, 0.3) is 5.91 Å². The maximum absolute atomic E-state index is 12.7. The van der Waals surface area contributed by atoms with Crippen LogP contribution in [0.4, 0.5) is 0 Å². The third-order valence-electron chi connectivity index (χ3n) is 5.17. The van der Waals surface area contributed by atoms with E-state index in [9.17, 15) is 13.2 Å². The van der Waals surface area contributed by atoms with Crippen molar-refractivity contribution < 1.29 is 23.2 Å². The van der Waals surface area contributed by atoms with Crippen molar-refractivity contribution in [2.24, 2.45) is 0 Å². The van der Waals surface area contributed by atoms with E-state index < -0.39 is 22.0 Å². The van der Waals surface area contributed by atoms with Gasteiger partial charge in [0, 0.05) is 16.6 Å². The van der Waals surface area contributed by atoms with Crippen LogP contribution in [-0.2, 0) is 21.4 Å². The normalized spacial score (nSPS) is 15.8. The lowest BCUT2D eigenvalue weighted by molar-refractivity contribution is -0.135. The molecular formula is C21H25Cl2N3O5S. The van der Waals surface area contributed by atoms with E-state index in [0.29, 0.717) is 28.9 Å². The van der Waals surface area contributed by atoms with Crippen LogP contribution in [0.2, 0.25) is 10.0 Å². The summed E-state index contributed by atoms with van der Waals surface area (Å²) in [7, 11) is -3.86. The largest absolute Gasteiger partial charge is 0.489 e. The van der Waals surface area contributed by atoms with Gasteiger partial charge in [-0.05, 0) is 74.0 Å². The number of piperidine rings is 1. The Morgan fingerprint density at radius 1 is 1.06 bits per heavy atom. The average molecular weight is 502 g/mol. The molecule has 0 aliphatic carbocycles. The summed E-state index contributed by atoms with van der Waals surface area (Å²) >= 11 is 12.0. The SMILES string of the molecule is O=C(NO)[C@H](CNS(=O)(=O)c1ccc(OCc2cc(Cl)cc(Cl)c2)cc1)N1CCCCC1. The molecule has 3 rings (SSSR count). The highest BCUT2D eigenvalue weighted by molar-refractivity contribution is 7.89. The van der Waals surface area contributed by atoms with Crippen LogP contribution < -0.4 is 14.9 Å². The third-order valence-corrected chi connectivity index (χ3v) is 7.05. The van der Waals surface area contributed by atoms with Crippen LogP contribution in [0.15, 0.2) is 47.4 Å². The minimum absolute atomic E-state index is 0.0393. The first kappa shape index (κ1) is 24.8. The zero-order valence-electron chi connectivity index (χ0n) is 17.3. The minimum Gasteiger partial charge on any atom is -0.489 e. The van der Waals surface area contributed by atoms with Crippen LogP contribution in [0.3, 0.4) is 0 Å². The van der Waals surface area contributed by atoms with Crippen molar-refractivity contribution in [1.29, 1.82) is 0 Å². The van der Waals surface area contributed by atoms with Crippen LogP contribution in [0, 0.1) is 0 Å². The number of ether oxygens (including phenoxy) is 1. The summed E-state index contributed by atoms with van der Waals surface area (Å²) in [6, 6.07) is 10.2. The molecule has 174 valence electrons. The van der Waals surface area contributed by atoms with Crippen LogP contribution in [0.25, 0.3) is 0 Å². The first-order valence-corrected chi connectivity index (χ1v) is 12.4. The molecule has 1 heterocycles. The Morgan fingerprint density at radius 3 is 2.28 bits per heavy atom. The molecule has 11 heteroatoms. The second-order valence-electron chi connectivity index (χ2n) is 7.48. The molecular weight excluding hydrogens is 477 g/mol. The Balaban J connectivity index is 1.61. The summed E-state index contributed by atoms with van der Waals surface area (Å²) in [6.45, 7) is 1.41. The lowest BCUT2D eigenvalue weighted by atomic mass is 10.1. The average Bonchev–Trinajstić information content (AvgIpc) is 2.78. The van der Waals surface area contributed by atoms with E-state index in [4.69, 9.17) is 33.1 Å². The summed E-state index contributed by atoms with van der Waals surface area (Å²) in [5, 5.41) is 10.0. The van der Waals surface area contributed by atoms with E-state index in [1.54, 1.807) is 35.8 Å². The van der Waals surface area contributed by atoms with Gasteiger partial charge >= 0.3 is 0 Å². The predicted molar refractivity (Wildman–Crippen MR) is 122 cm³/mol. The number of nitrogens with zero attached hydrogens (tertiary/aromatic N) is 1. The number of sulfonamides is 1. The molecule has 2 aromatic rings. The third kappa shape index (κ3) is 6.81. The first-order valence-electron chi connectivity index (χ1n) is 10.1. The summed E-state index contributed by atoms with van der Waals surface area (Å²) in [4.78, 5) is 14.0. The van der Waals surface area contributed by atoms with E-state index in [2.05, 4.69) is 4.72 Å². The van der Waals surface area contributed by atoms with Crippen molar-refractivity contribution in [3.8, 4) is 5.75 Å². The van der Waals surface area contributed by atoms with Crippen LogP contribution in [0.1, 0.15) is 24.8 Å². The van der Waals surface area contributed by atoms with Crippen LogP contribution >= 0.6 is 23.2 Å². The smallest absolute Gasteiger partial charge is 0.262 e. The van der Waals surface area contributed by atoms with Gasteiger partial charge in [0.1, 0.15) is 18.4 Å². The van der Waals surface area contributed by atoms with Crippen molar-refractivity contribution in [3.05, 3.63) is 58.1 Å². The molecule has 32 heavy (non-hydrogen) atoms. The zero-order chi connectivity index (χ0) is 23.1. The lowest BCUT2D eigenvalue weighted by Gasteiger charge is -2.33. The number of carbonyl (C=O) groups is 1. The second-order valence-corrected chi connectivity index (χ2v) is 10.1. The monoisotopic (exact) mass is 501 g/mol. The van der Waals surface area contributed by atoms with Crippen LogP contribution in [0.5, 0.6) is 5.75 Å². The highest BCUT2D eigenvalue weighted by Gasteiger charge is 2.28. The molecule has 1 atom stereocenters. The summed E-state index contributed by atoms with van der Waals surface area (Å²) in [6.07, 6.45) is 2.91. The number of nitrogens with one attached hydrogen (secondary N) is 2. The molecule has 1 fully saturated rings. The predicted octanol–water partition coefficient (Wildman–Crippen LogP) is 3.21. The van der Waals surface area contributed by atoms with Crippen molar-refractivity contribution in [2.75, 3.05) is 19.6 Å². The van der Waals surface area contributed by atoms with Gasteiger partial charge in [-0.3, -0.25) is 14.9 Å². The van der Waals surface area contributed by atoms with Gasteiger partial charge in [-0.25, -0.2) is 18.6 Å². The number of hydrogen-bond acceptors (Lipinski definition) is 6. The number of likely N-dealkylation sites (tertiary alicyclic amines) is 1. The maximum atomic E-state index is 12.7. The summed E-state index contributed by atoms with van der Waals surface area (Å²) in [5.74, 6) is -0.162. The standard InChI is InChI=1S/C21H25Cl2N3O5S/c22-16-10-15(11-17(23)12-16)14-31-18-4-6-19(7-5-18)32(29,30)24-13-20(21(27)25-28)26-8-2-1-3-9-26/h4-7,10-12,20,24,28H,1-3,8-9,13-14H2,(H,25,27)/t20-/m0/s1. The van der Waals surface area contributed by atoms with E-state index >= 15 is 0 Å². The Morgan fingerprint density at radius 2 is 1.69 bits per heavy atom. The molecule has 0 spiro atoms. The van der Waals surface area contributed by atoms with E-state index in [1.807, 2.05) is 4.90 Å². The molecule has 0 bridgehead atoms. The Kier molecular flexibility index (Phi) is 8.75. The highest BCUT2D eigenvalue weighted by Crippen LogP contribution is 2.22. The fourth-order valence-corrected chi connectivity index (χ4v) is 5.15. The van der Waals surface area contributed by atoms with Crippen molar-refractivity contribution in [2.45, 2.75) is 36.8 Å². The summed E-state index contributed by atoms with van der Waals surface area (Å²) in [5.41, 5.74) is 2.42. The van der Waals surface area contributed by atoms with E-state index in [1.165, 1.54) is 12.1 Å². The molecule has 0 radical (unpaired) electrons. The quantitative estimate of drug-likeness (QED) is 0.359. The number of carbonyl (C=O) groups excluding carboxylic acids is 1. The molecule has 1 amide bonds. The molecule has 1 aliphatic heterocycles. The fourth-order valence-electron chi connectivity index (χ4n) is 3.54. The number of benzene rings is 2. The molecule has 1 saturated heterocycles.